The minimum absolute atomic E-state index is 0.215. The van der Waals surface area contributed by atoms with E-state index in [0.717, 1.165) is 19.3 Å². The molecule has 0 bridgehead atoms. The maximum Gasteiger partial charge on any atom is 0.201 e. The molecular formula is C11H21O. The molecule has 0 heterocycles. The highest BCUT2D eigenvalue weighted by Gasteiger charge is 2.05. The molecule has 0 aromatic carbocycles. The molecule has 0 saturated carbocycles. The Hall–Kier alpha value is -0.330. The van der Waals surface area contributed by atoms with E-state index < -0.39 is 0 Å². The Balaban J connectivity index is 3.25. The second-order valence-electron chi connectivity index (χ2n) is 3.45. The topological polar surface area (TPSA) is 17.1 Å². The lowest BCUT2D eigenvalue weighted by molar-refractivity contribution is 0.469. The summed E-state index contributed by atoms with van der Waals surface area (Å²) in [4.78, 5) is 10.4. The Morgan fingerprint density at radius 3 is 2.25 bits per heavy atom. The first-order chi connectivity index (χ1) is 5.85. The zero-order chi connectivity index (χ0) is 9.23. The molecule has 12 heavy (non-hydrogen) atoms. The van der Waals surface area contributed by atoms with Crippen molar-refractivity contribution in [1.82, 2.24) is 0 Å². The highest BCUT2D eigenvalue weighted by Crippen LogP contribution is 2.13. The fraction of sp³-hybridized carbons (Fsp3) is 0.909. The van der Waals surface area contributed by atoms with Gasteiger partial charge in [-0.3, -0.25) is 4.79 Å². The van der Waals surface area contributed by atoms with E-state index in [1.54, 1.807) is 0 Å². The molecule has 71 valence electrons. The van der Waals surface area contributed by atoms with Gasteiger partial charge in [0.25, 0.3) is 0 Å². The van der Waals surface area contributed by atoms with Gasteiger partial charge in [0.1, 0.15) is 0 Å². The fourth-order valence-corrected chi connectivity index (χ4v) is 1.43. The summed E-state index contributed by atoms with van der Waals surface area (Å²) < 4.78 is 0. The van der Waals surface area contributed by atoms with E-state index in [0.29, 0.717) is 0 Å². The summed E-state index contributed by atoms with van der Waals surface area (Å²) in [5, 5.41) is 0. The molecule has 0 saturated heterocycles. The van der Waals surface area contributed by atoms with Gasteiger partial charge in [-0.2, -0.15) is 0 Å². The summed E-state index contributed by atoms with van der Waals surface area (Å²) in [6.45, 7) is 4.33. The van der Waals surface area contributed by atoms with Crippen LogP contribution in [0.3, 0.4) is 0 Å². The lowest BCUT2D eigenvalue weighted by atomic mass is 9.98. The second-order valence-corrected chi connectivity index (χ2v) is 3.45. The van der Waals surface area contributed by atoms with Gasteiger partial charge < -0.3 is 0 Å². The van der Waals surface area contributed by atoms with E-state index in [9.17, 15) is 4.79 Å². The number of hydrogen-bond donors (Lipinski definition) is 0. The van der Waals surface area contributed by atoms with Crippen molar-refractivity contribution in [3.05, 3.63) is 0 Å². The quantitative estimate of drug-likeness (QED) is 0.508. The number of unbranched alkanes of at least 4 members (excludes halogenated alkanes) is 3. The molecule has 1 unspecified atom stereocenters. The monoisotopic (exact) mass is 169 g/mol. The Labute approximate surface area is 76.6 Å². The van der Waals surface area contributed by atoms with Crippen molar-refractivity contribution < 1.29 is 4.79 Å². The van der Waals surface area contributed by atoms with Gasteiger partial charge in [0.2, 0.25) is 6.29 Å². The minimum atomic E-state index is 0.215. The summed E-state index contributed by atoms with van der Waals surface area (Å²) in [7, 11) is 0. The summed E-state index contributed by atoms with van der Waals surface area (Å²) in [5.41, 5.74) is 0. The SMILES string of the molecule is CCCCCCC([C]=O)CCC. The Kier molecular flexibility index (Phi) is 8.52. The Morgan fingerprint density at radius 1 is 1.00 bits per heavy atom. The van der Waals surface area contributed by atoms with E-state index in [1.165, 1.54) is 25.7 Å². The molecule has 0 aliphatic carbocycles. The number of rotatable bonds is 8. The molecule has 0 rings (SSSR count). The standard InChI is InChI=1S/C11H21O/c1-3-5-6-7-9-11(10-12)8-4-2/h11H,3-9H2,1-2H3. The van der Waals surface area contributed by atoms with Gasteiger partial charge >= 0.3 is 0 Å². The maximum atomic E-state index is 10.4. The van der Waals surface area contributed by atoms with Crippen molar-refractivity contribution in [2.24, 2.45) is 5.92 Å². The van der Waals surface area contributed by atoms with Crippen LogP contribution in [0.4, 0.5) is 0 Å². The van der Waals surface area contributed by atoms with E-state index >= 15 is 0 Å². The van der Waals surface area contributed by atoms with Crippen molar-refractivity contribution in [3.63, 3.8) is 0 Å². The van der Waals surface area contributed by atoms with E-state index in [2.05, 4.69) is 20.1 Å². The molecule has 0 aromatic heterocycles. The second kappa shape index (κ2) is 8.76. The first-order valence-corrected chi connectivity index (χ1v) is 5.22. The van der Waals surface area contributed by atoms with Crippen LogP contribution < -0.4 is 0 Å². The van der Waals surface area contributed by atoms with Crippen molar-refractivity contribution in [2.75, 3.05) is 0 Å². The third-order valence-corrected chi connectivity index (χ3v) is 2.21. The normalized spacial score (nSPS) is 12.8. The van der Waals surface area contributed by atoms with Gasteiger partial charge in [-0.05, 0) is 12.8 Å². The summed E-state index contributed by atoms with van der Waals surface area (Å²) in [6.07, 6.45) is 10.4. The van der Waals surface area contributed by atoms with Crippen LogP contribution in [-0.4, -0.2) is 6.29 Å². The van der Waals surface area contributed by atoms with Gasteiger partial charge in [0.05, 0.1) is 0 Å². The maximum absolute atomic E-state index is 10.4. The van der Waals surface area contributed by atoms with E-state index in [4.69, 9.17) is 0 Å². The third kappa shape index (κ3) is 6.38. The predicted molar refractivity (Wildman–Crippen MR) is 52.9 cm³/mol. The van der Waals surface area contributed by atoms with Gasteiger partial charge in [-0.25, -0.2) is 0 Å². The zero-order valence-corrected chi connectivity index (χ0v) is 8.44. The van der Waals surface area contributed by atoms with Gasteiger partial charge in [0, 0.05) is 5.92 Å². The van der Waals surface area contributed by atoms with Crippen molar-refractivity contribution in [2.45, 2.75) is 58.8 Å². The molecule has 1 atom stereocenters. The smallest absolute Gasteiger partial charge is 0.201 e. The van der Waals surface area contributed by atoms with Crippen LogP contribution in [-0.2, 0) is 4.79 Å². The molecule has 1 nitrogen and oxygen atoms in total. The summed E-state index contributed by atoms with van der Waals surface area (Å²) in [6, 6.07) is 0. The highest BCUT2D eigenvalue weighted by atomic mass is 16.1. The van der Waals surface area contributed by atoms with E-state index in [1.807, 2.05) is 0 Å². The summed E-state index contributed by atoms with van der Waals surface area (Å²) in [5.74, 6) is 0.215. The van der Waals surface area contributed by atoms with Crippen LogP contribution >= 0.6 is 0 Å². The number of carbonyl (C=O) groups excluding carboxylic acids is 1. The average molecular weight is 169 g/mol. The van der Waals surface area contributed by atoms with Gasteiger partial charge in [0.15, 0.2) is 0 Å². The predicted octanol–water partition coefficient (Wildman–Crippen LogP) is 3.48. The van der Waals surface area contributed by atoms with Crippen LogP contribution in [0.1, 0.15) is 58.8 Å². The number of hydrogen-bond acceptors (Lipinski definition) is 1. The molecule has 1 radical (unpaired) electrons. The van der Waals surface area contributed by atoms with Crippen LogP contribution in [0.15, 0.2) is 0 Å². The molecular weight excluding hydrogens is 148 g/mol. The zero-order valence-electron chi connectivity index (χ0n) is 8.44. The average Bonchev–Trinajstić information content (AvgIpc) is 2.10. The Bertz CT molecular complexity index is 99.2. The Morgan fingerprint density at radius 2 is 1.75 bits per heavy atom. The van der Waals surface area contributed by atoms with Crippen LogP contribution in [0.2, 0.25) is 0 Å². The molecule has 0 N–H and O–H groups in total. The molecule has 0 amide bonds. The van der Waals surface area contributed by atoms with Crippen LogP contribution in [0.5, 0.6) is 0 Å². The molecule has 0 aliphatic heterocycles. The molecule has 0 spiro atoms. The van der Waals surface area contributed by atoms with Crippen molar-refractivity contribution >= 4 is 6.29 Å². The lowest BCUT2D eigenvalue weighted by Crippen LogP contribution is -2.00. The third-order valence-electron chi connectivity index (χ3n) is 2.21. The lowest BCUT2D eigenvalue weighted by Gasteiger charge is -2.06. The van der Waals surface area contributed by atoms with Crippen LogP contribution in [0.25, 0.3) is 0 Å². The van der Waals surface area contributed by atoms with Crippen molar-refractivity contribution in [1.29, 1.82) is 0 Å². The molecule has 0 aliphatic rings. The summed E-state index contributed by atoms with van der Waals surface area (Å²) >= 11 is 0. The minimum Gasteiger partial charge on any atom is -0.291 e. The molecule has 0 aromatic rings. The van der Waals surface area contributed by atoms with Gasteiger partial charge in [-0.1, -0.05) is 46.0 Å². The van der Waals surface area contributed by atoms with Gasteiger partial charge in [-0.15, -0.1) is 0 Å². The largest absolute Gasteiger partial charge is 0.291 e. The molecule has 0 fully saturated rings. The van der Waals surface area contributed by atoms with E-state index in [-0.39, 0.29) is 5.92 Å². The first kappa shape index (κ1) is 11.7. The van der Waals surface area contributed by atoms with Crippen molar-refractivity contribution in [3.8, 4) is 0 Å². The van der Waals surface area contributed by atoms with Crippen LogP contribution in [0, 0.1) is 5.92 Å². The highest BCUT2D eigenvalue weighted by molar-refractivity contribution is 5.54. The first-order valence-electron chi connectivity index (χ1n) is 5.22. The fourth-order valence-electron chi connectivity index (χ4n) is 1.43. The molecule has 1 heteroatoms.